The molecule has 0 amide bonds. The van der Waals surface area contributed by atoms with Crippen molar-refractivity contribution >= 4 is 0 Å². The zero-order chi connectivity index (χ0) is 15.0. The van der Waals surface area contributed by atoms with Gasteiger partial charge in [-0.15, -0.1) is 0 Å². The van der Waals surface area contributed by atoms with Crippen molar-refractivity contribution in [3.05, 3.63) is 71.8 Å². The molecule has 1 atom stereocenters. The van der Waals surface area contributed by atoms with Crippen LogP contribution in [-0.4, -0.2) is 23.5 Å². The summed E-state index contributed by atoms with van der Waals surface area (Å²) in [5, 5.41) is 0. The quantitative estimate of drug-likeness (QED) is 0.933. The zero-order valence-electron chi connectivity index (χ0n) is 13.0. The Hall–Kier alpha value is -1.64. The second-order valence-electron chi connectivity index (χ2n) is 6.94. The van der Waals surface area contributed by atoms with Crippen LogP contribution in [0, 0.1) is 5.92 Å². The SMILES string of the molecule is NC1([C@@H]2CCN(C(c3ccccc3)c3ccccc3)C2)CC1. The van der Waals surface area contributed by atoms with Gasteiger partial charge in [-0.25, -0.2) is 0 Å². The molecule has 1 aliphatic heterocycles. The lowest BCUT2D eigenvalue weighted by Gasteiger charge is -2.29. The fourth-order valence-electron chi connectivity index (χ4n) is 3.93. The van der Waals surface area contributed by atoms with Crippen molar-refractivity contribution in [1.82, 2.24) is 4.90 Å². The van der Waals surface area contributed by atoms with Crippen molar-refractivity contribution in [3.63, 3.8) is 0 Å². The van der Waals surface area contributed by atoms with Crippen molar-refractivity contribution in [1.29, 1.82) is 0 Å². The Balaban J connectivity index is 1.64. The third-order valence-electron chi connectivity index (χ3n) is 5.46. The van der Waals surface area contributed by atoms with Gasteiger partial charge in [0.25, 0.3) is 0 Å². The summed E-state index contributed by atoms with van der Waals surface area (Å²) >= 11 is 0. The first kappa shape index (κ1) is 14.0. The molecule has 0 spiro atoms. The minimum absolute atomic E-state index is 0.146. The number of rotatable bonds is 4. The van der Waals surface area contributed by atoms with E-state index in [0.29, 0.717) is 12.0 Å². The molecule has 2 N–H and O–H groups in total. The minimum Gasteiger partial charge on any atom is -0.325 e. The molecule has 4 rings (SSSR count). The summed E-state index contributed by atoms with van der Waals surface area (Å²) in [6, 6.07) is 22.1. The average molecular weight is 292 g/mol. The van der Waals surface area contributed by atoms with E-state index in [0.717, 1.165) is 13.1 Å². The summed E-state index contributed by atoms with van der Waals surface area (Å²) in [6.07, 6.45) is 3.67. The molecule has 0 aromatic heterocycles. The van der Waals surface area contributed by atoms with Crippen molar-refractivity contribution in [3.8, 4) is 0 Å². The van der Waals surface area contributed by atoms with E-state index in [1.165, 1.54) is 30.4 Å². The Kier molecular flexibility index (Phi) is 3.51. The number of nitrogens with two attached hydrogens (primary N) is 1. The van der Waals surface area contributed by atoms with E-state index in [-0.39, 0.29) is 5.54 Å². The second kappa shape index (κ2) is 5.53. The Labute approximate surface area is 132 Å². The molecule has 114 valence electrons. The van der Waals surface area contributed by atoms with E-state index in [9.17, 15) is 0 Å². The van der Waals surface area contributed by atoms with Gasteiger partial charge in [-0.1, -0.05) is 60.7 Å². The maximum Gasteiger partial charge on any atom is 0.0601 e. The number of benzene rings is 2. The zero-order valence-corrected chi connectivity index (χ0v) is 13.0. The molecule has 2 nitrogen and oxygen atoms in total. The van der Waals surface area contributed by atoms with Crippen molar-refractivity contribution < 1.29 is 0 Å². The van der Waals surface area contributed by atoms with E-state index in [4.69, 9.17) is 5.73 Å². The van der Waals surface area contributed by atoms with Gasteiger partial charge in [0.1, 0.15) is 0 Å². The van der Waals surface area contributed by atoms with Crippen LogP contribution in [0.4, 0.5) is 0 Å². The average Bonchev–Trinajstić information content (AvgIpc) is 3.12. The molecular weight excluding hydrogens is 268 g/mol. The molecule has 0 radical (unpaired) electrons. The normalized spacial score (nSPS) is 23.8. The van der Waals surface area contributed by atoms with Gasteiger partial charge in [0.2, 0.25) is 0 Å². The fraction of sp³-hybridized carbons (Fsp3) is 0.400. The van der Waals surface area contributed by atoms with Gasteiger partial charge in [0.05, 0.1) is 6.04 Å². The highest BCUT2D eigenvalue weighted by molar-refractivity contribution is 5.32. The highest BCUT2D eigenvalue weighted by Gasteiger charge is 2.48. The molecule has 0 unspecified atom stereocenters. The molecular formula is C20H24N2. The van der Waals surface area contributed by atoms with Crippen LogP contribution >= 0.6 is 0 Å². The summed E-state index contributed by atoms with van der Waals surface area (Å²) in [4.78, 5) is 2.63. The lowest BCUT2D eigenvalue weighted by molar-refractivity contribution is 0.260. The van der Waals surface area contributed by atoms with Crippen LogP contribution in [0.1, 0.15) is 36.4 Å². The highest BCUT2D eigenvalue weighted by Crippen LogP contribution is 2.45. The molecule has 2 fully saturated rings. The molecule has 0 bridgehead atoms. The van der Waals surface area contributed by atoms with Crippen molar-refractivity contribution in [2.24, 2.45) is 11.7 Å². The second-order valence-corrected chi connectivity index (χ2v) is 6.94. The largest absolute Gasteiger partial charge is 0.325 e. The summed E-state index contributed by atoms with van der Waals surface area (Å²) < 4.78 is 0. The molecule has 1 saturated heterocycles. The van der Waals surface area contributed by atoms with Gasteiger partial charge in [-0.05, 0) is 42.9 Å². The van der Waals surface area contributed by atoms with Gasteiger partial charge in [0, 0.05) is 12.1 Å². The summed E-state index contributed by atoms with van der Waals surface area (Å²) in [7, 11) is 0. The number of hydrogen-bond acceptors (Lipinski definition) is 2. The van der Waals surface area contributed by atoms with Crippen LogP contribution in [0.5, 0.6) is 0 Å². The number of likely N-dealkylation sites (tertiary alicyclic amines) is 1. The lowest BCUT2D eigenvalue weighted by Crippen LogP contribution is -2.35. The molecule has 2 aromatic rings. The smallest absolute Gasteiger partial charge is 0.0601 e. The standard InChI is InChI=1S/C20H24N2/c21-20(12-13-20)18-11-14-22(15-18)19(16-7-3-1-4-8-16)17-9-5-2-6-10-17/h1-10,18-19H,11-15,21H2/t18-/m1/s1. The summed E-state index contributed by atoms with van der Waals surface area (Å²) in [5.74, 6) is 0.669. The first-order valence-corrected chi connectivity index (χ1v) is 8.39. The maximum absolute atomic E-state index is 6.46. The van der Waals surface area contributed by atoms with Crippen LogP contribution in [0.3, 0.4) is 0 Å². The minimum atomic E-state index is 0.146. The van der Waals surface area contributed by atoms with E-state index in [2.05, 4.69) is 65.6 Å². The van der Waals surface area contributed by atoms with Crippen molar-refractivity contribution in [2.45, 2.75) is 30.8 Å². The molecule has 2 aliphatic rings. The predicted molar refractivity (Wildman–Crippen MR) is 90.6 cm³/mol. The lowest BCUT2D eigenvalue weighted by atomic mass is 9.96. The Bertz CT molecular complexity index is 579. The van der Waals surface area contributed by atoms with Crippen LogP contribution in [0.2, 0.25) is 0 Å². The first-order chi connectivity index (χ1) is 10.8. The molecule has 1 saturated carbocycles. The van der Waals surface area contributed by atoms with E-state index in [1.54, 1.807) is 0 Å². The van der Waals surface area contributed by atoms with Crippen LogP contribution in [0.15, 0.2) is 60.7 Å². The predicted octanol–water partition coefficient (Wildman–Crippen LogP) is 3.59. The van der Waals surface area contributed by atoms with Crippen molar-refractivity contribution in [2.75, 3.05) is 13.1 Å². The Morgan fingerprint density at radius 3 is 1.95 bits per heavy atom. The van der Waals surface area contributed by atoms with E-state index in [1.807, 2.05) is 0 Å². The van der Waals surface area contributed by atoms with Gasteiger partial charge in [-0.2, -0.15) is 0 Å². The van der Waals surface area contributed by atoms with Gasteiger partial charge >= 0.3 is 0 Å². The maximum atomic E-state index is 6.46. The Morgan fingerprint density at radius 2 is 1.45 bits per heavy atom. The molecule has 1 heterocycles. The first-order valence-electron chi connectivity index (χ1n) is 8.39. The van der Waals surface area contributed by atoms with Gasteiger partial charge in [0.15, 0.2) is 0 Å². The molecule has 2 heteroatoms. The van der Waals surface area contributed by atoms with Crippen LogP contribution in [-0.2, 0) is 0 Å². The number of nitrogens with zero attached hydrogens (tertiary/aromatic N) is 1. The monoisotopic (exact) mass is 292 g/mol. The van der Waals surface area contributed by atoms with E-state index < -0.39 is 0 Å². The van der Waals surface area contributed by atoms with E-state index >= 15 is 0 Å². The molecule has 22 heavy (non-hydrogen) atoms. The number of hydrogen-bond donors (Lipinski definition) is 1. The summed E-state index contributed by atoms with van der Waals surface area (Å²) in [6.45, 7) is 2.28. The Morgan fingerprint density at radius 1 is 0.909 bits per heavy atom. The van der Waals surface area contributed by atoms with Gasteiger partial charge in [-0.3, -0.25) is 4.90 Å². The third-order valence-corrected chi connectivity index (χ3v) is 5.46. The van der Waals surface area contributed by atoms with Gasteiger partial charge < -0.3 is 5.73 Å². The third kappa shape index (κ3) is 2.57. The molecule has 1 aliphatic carbocycles. The summed E-state index contributed by atoms with van der Waals surface area (Å²) in [5.41, 5.74) is 9.38. The fourth-order valence-corrected chi connectivity index (χ4v) is 3.93. The highest BCUT2D eigenvalue weighted by atomic mass is 15.2. The van der Waals surface area contributed by atoms with Crippen LogP contribution in [0.25, 0.3) is 0 Å². The topological polar surface area (TPSA) is 29.3 Å². The molecule has 2 aromatic carbocycles. The van der Waals surface area contributed by atoms with Crippen LogP contribution < -0.4 is 5.73 Å².